The van der Waals surface area contributed by atoms with Gasteiger partial charge in [0.05, 0.1) is 11.4 Å². The Labute approximate surface area is 169 Å². The largest absolute Gasteiger partial charge is 0.350 e. The van der Waals surface area contributed by atoms with Crippen LogP contribution in [0.1, 0.15) is 47.6 Å². The van der Waals surface area contributed by atoms with Gasteiger partial charge in [-0.15, -0.1) is 11.3 Å². The highest BCUT2D eigenvalue weighted by molar-refractivity contribution is 9.10. The molecule has 0 saturated heterocycles. The normalized spacial score (nSPS) is 14.3. The first-order valence-corrected chi connectivity index (χ1v) is 10.7. The quantitative estimate of drug-likeness (QED) is 0.621. The molecule has 2 heterocycles. The summed E-state index contributed by atoms with van der Waals surface area (Å²) < 4.78 is 1.01. The molecule has 0 spiro atoms. The van der Waals surface area contributed by atoms with Crippen molar-refractivity contribution in [3.05, 3.63) is 60.9 Å². The number of fused-ring (bicyclic) bond motifs is 3. The van der Waals surface area contributed by atoms with Gasteiger partial charge in [-0.05, 0) is 49.4 Å². The second-order valence-corrected chi connectivity index (χ2v) is 8.89. The average molecular weight is 446 g/mol. The number of nitrogens with zero attached hydrogens (tertiary/aromatic N) is 1. The molecule has 1 atom stereocenters. The summed E-state index contributed by atoms with van der Waals surface area (Å²) in [7, 11) is 0. The van der Waals surface area contributed by atoms with Gasteiger partial charge in [0.2, 0.25) is 5.91 Å². The summed E-state index contributed by atoms with van der Waals surface area (Å²) in [5.41, 5.74) is 2.15. The molecule has 27 heavy (non-hydrogen) atoms. The zero-order valence-corrected chi connectivity index (χ0v) is 17.4. The number of aryl methyl sites for hydroxylation is 3. The number of halogens is 1. The third kappa shape index (κ3) is 3.84. The number of amides is 1. The van der Waals surface area contributed by atoms with E-state index in [1.165, 1.54) is 10.4 Å². The van der Waals surface area contributed by atoms with E-state index >= 15 is 0 Å². The van der Waals surface area contributed by atoms with E-state index in [9.17, 15) is 9.59 Å². The second kappa shape index (κ2) is 7.56. The summed E-state index contributed by atoms with van der Waals surface area (Å²) in [5, 5.41) is 3.75. The molecular weight excluding hydrogens is 426 g/mol. The van der Waals surface area contributed by atoms with Gasteiger partial charge in [0.15, 0.2) is 0 Å². The number of hydrogen-bond donors (Lipinski definition) is 2. The lowest BCUT2D eigenvalue weighted by Gasteiger charge is -2.14. The van der Waals surface area contributed by atoms with Gasteiger partial charge in [-0.2, -0.15) is 0 Å². The molecule has 0 radical (unpaired) electrons. The van der Waals surface area contributed by atoms with Gasteiger partial charge in [-0.3, -0.25) is 9.59 Å². The molecule has 2 N–H and O–H groups in total. The lowest BCUT2D eigenvalue weighted by atomic mass is 10.1. The Morgan fingerprint density at radius 2 is 2.11 bits per heavy atom. The van der Waals surface area contributed by atoms with E-state index < -0.39 is 0 Å². The molecule has 7 heteroatoms. The Bertz CT molecular complexity index is 1060. The van der Waals surface area contributed by atoms with E-state index in [0.717, 1.165) is 39.5 Å². The Morgan fingerprint density at radius 3 is 2.89 bits per heavy atom. The van der Waals surface area contributed by atoms with Gasteiger partial charge in [-0.25, -0.2) is 4.98 Å². The molecule has 1 aliphatic rings. The number of H-pyrrole nitrogens is 1. The Morgan fingerprint density at radius 1 is 1.33 bits per heavy atom. The van der Waals surface area contributed by atoms with Crippen LogP contribution >= 0.6 is 27.3 Å². The molecule has 4 rings (SSSR count). The lowest BCUT2D eigenvalue weighted by Crippen LogP contribution is -2.27. The molecule has 1 aromatic carbocycles. The van der Waals surface area contributed by atoms with Crippen LogP contribution in [0.3, 0.4) is 0 Å². The monoisotopic (exact) mass is 445 g/mol. The predicted molar refractivity (Wildman–Crippen MR) is 111 cm³/mol. The average Bonchev–Trinajstić information content (AvgIpc) is 3.21. The van der Waals surface area contributed by atoms with Gasteiger partial charge < -0.3 is 10.3 Å². The molecule has 0 aliphatic heterocycles. The molecule has 0 bridgehead atoms. The van der Waals surface area contributed by atoms with Crippen LogP contribution < -0.4 is 10.9 Å². The summed E-state index contributed by atoms with van der Waals surface area (Å²) in [5.74, 6) is 0.528. The number of aromatic amines is 1. The van der Waals surface area contributed by atoms with Gasteiger partial charge in [0.25, 0.3) is 5.56 Å². The molecule has 1 unspecified atom stereocenters. The van der Waals surface area contributed by atoms with E-state index in [0.29, 0.717) is 18.7 Å². The SMILES string of the molecule is CC(NC(=O)CCc1nc2sc3c(c2c(=O)[nH]1)CCC3)c1ccc(Br)cc1. The maximum Gasteiger partial charge on any atom is 0.259 e. The van der Waals surface area contributed by atoms with Crippen LogP contribution in [0.4, 0.5) is 0 Å². The minimum Gasteiger partial charge on any atom is -0.350 e. The van der Waals surface area contributed by atoms with Crippen molar-refractivity contribution in [2.75, 3.05) is 0 Å². The van der Waals surface area contributed by atoms with Crippen molar-refractivity contribution in [2.24, 2.45) is 0 Å². The van der Waals surface area contributed by atoms with Crippen molar-refractivity contribution in [3.8, 4) is 0 Å². The zero-order chi connectivity index (χ0) is 19.0. The topological polar surface area (TPSA) is 74.8 Å². The fourth-order valence-electron chi connectivity index (χ4n) is 3.55. The van der Waals surface area contributed by atoms with Crippen molar-refractivity contribution < 1.29 is 4.79 Å². The standard InChI is InChI=1S/C20H20BrN3O2S/c1-11(12-5-7-13(21)8-6-12)22-17(25)10-9-16-23-19(26)18-14-3-2-4-15(14)27-20(18)24-16/h5-8,11H,2-4,9-10H2,1H3,(H,22,25)(H,23,24,26). The third-order valence-corrected chi connectivity index (χ3v) is 6.67. The van der Waals surface area contributed by atoms with Crippen LogP contribution in [0.15, 0.2) is 33.5 Å². The van der Waals surface area contributed by atoms with E-state index in [1.807, 2.05) is 31.2 Å². The zero-order valence-electron chi connectivity index (χ0n) is 15.0. The molecular formula is C20H20BrN3O2S. The van der Waals surface area contributed by atoms with E-state index in [2.05, 4.69) is 31.2 Å². The van der Waals surface area contributed by atoms with E-state index in [4.69, 9.17) is 0 Å². The summed E-state index contributed by atoms with van der Waals surface area (Å²) in [6, 6.07) is 7.82. The third-order valence-electron chi connectivity index (χ3n) is 4.96. The molecule has 3 aromatic rings. The molecule has 2 aromatic heterocycles. The van der Waals surface area contributed by atoms with Gasteiger partial charge in [0.1, 0.15) is 10.7 Å². The van der Waals surface area contributed by atoms with Crippen LogP contribution in [0.2, 0.25) is 0 Å². The van der Waals surface area contributed by atoms with Crippen molar-refractivity contribution in [2.45, 2.75) is 45.1 Å². The van der Waals surface area contributed by atoms with Crippen LogP contribution in [-0.4, -0.2) is 15.9 Å². The van der Waals surface area contributed by atoms with Crippen molar-refractivity contribution >= 4 is 43.4 Å². The number of hydrogen-bond acceptors (Lipinski definition) is 4. The number of carbonyl (C=O) groups excluding carboxylic acids is 1. The number of nitrogens with one attached hydrogen (secondary N) is 2. The van der Waals surface area contributed by atoms with Crippen LogP contribution in [0.25, 0.3) is 10.2 Å². The van der Waals surface area contributed by atoms with Crippen LogP contribution in [0.5, 0.6) is 0 Å². The fourth-order valence-corrected chi connectivity index (χ4v) is 5.09. The number of carbonyl (C=O) groups is 1. The van der Waals surface area contributed by atoms with Gasteiger partial charge >= 0.3 is 0 Å². The number of aromatic nitrogens is 2. The molecule has 1 amide bonds. The Kier molecular flexibility index (Phi) is 5.14. The summed E-state index contributed by atoms with van der Waals surface area (Å²) >= 11 is 5.03. The highest BCUT2D eigenvalue weighted by Crippen LogP contribution is 2.34. The van der Waals surface area contributed by atoms with Crippen molar-refractivity contribution in [1.29, 1.82) is 0 Å². The molecule has 5 nitrogen and oxygen atoms in total. The Balaban J connectivity index is 1.41. The predicted octanol–water partition coefficient (Wildman–Crippen LogP) is 4.05. The van der Waals surface area contributed by atoms with E-state index in [-0.39, 0.29) is 17.5 Å². The minimum absolute atomic E-state index is 0.0539. The summed E-state index contributed by atoms with van der Waals surface area (Å²) in [4.78, 5) is 34.3. The van der Waals surface area contributed by atoms with Crippen LogP contribution in [-0.2, 0) is 24.1 Å². The fraction of sp³-hybridized carbons (Fsp3) is 0.350. The molecule has 140 valence electrons. The first kappa shape index (κ1) is 18.4. The van der Waals surface area contributed by atoms with Crippen LogP contribution in [0, 0.1) is 0 Å². The molecule has 0 fully saturated rings. The number of benzene rings is 1. The maximum absolute atomic E-state index is 12.5. The first-order chi connectivity index (χ1) is 13.0. The van der Waals surface area contributed by atoms with Crippen molar-refractivity contribution in [3.63, 3.8) is 0 Å². The Hall–Kier alpha value is -1.99. The summed E-state index contributed by atoms with van der Waals surface area (Å²) in [6.07, 6.45) is 3.85. The minimum atomic E-state index is -0.0713. The number of rotatable bonds is 5. The van der Waals surface area contributed by atoms with Crippen molar-refractivity contribution in [1.82, 2.24) is 15.3 Å². The smallest absolute Gasteiger partial charge is 0.259 e. The summed E-state index contributed by atoms with van der Waals surface area (Å²) in [6.45, 7) is 1.96. The molecule has 1 aliphatic carbocycles. The highest BCUT2D eigenvalue weighted by Gasteiger charge is 2.21. The maximum atomic E-state index is 12.5. The lowest BCUT2D eigenvalue weighted by molar-refractivity contribution is -0.121. The number of thiophene rings is 1. The van der Waals surface area contributed by atoms with Gasteiger partial charge in [-0.1, -0.05) is 28.1 Å². The van der Waals surface area contributed by atoms with Gasteiger partial charge in [0, 0.05) is 22.2 Å². The van der Waals surface area contributed by atoms with E-state index in [1.54, 1.807) is 11.3 Å². The highest BCUT2D eigenvalue weighted by atomic mass is 79.9. The second-order valence-electron chi connectivity index (χ2n) is 6.89. The first-order valence-electron chi connectivity index (χ1n) is 9.09. The molecule has 0 saturated carbocycles.